The van der Waals surface area contributed by atoms with Crippen molar-refractivity contribution in [2.24, 2.45) is 0 Å². The molecule has 2 heteroatoms. The quantitative estimate of drug-likeness (QED) is 0.605. The number of benzene rings is 1. The van der Waals surface area contributed by atoms with Gasteiger partial charge in [0.1, 0.15) is 5.75 Å². The van der Waals surface area contributed by atoms with Crippen LogP contribution in [0.1, 0.15) is 57.1 Å². The minimum absolute atomic E-state index is 0.0944. The molecule has 1 aromatic carbocycles. The molecular weight excluding hydrogens is 270 g/mol. The van der Waals surface area contributed by atoms with Gasteiger partial charge in [-0.25, -0.2) is 0 Å². The first kappa shape index (κ1) is 18.0. The zero-order valence-electron chi connectivity index (χ0n) is 14.4. The van der Waals surface area contributed by atoms with E-state index in [1.54, 1.807) is 7.11 Å². The molecule has 0 heterocycles. The van der Waals surface area contributed by atoms with Crippen LogP contribution in [0.2, 0.25) is 0 Å². The van der Waals surface area contributed by atoms with Crippen LogP contribution in [-0.2, 0) is 0 Å². The van der Waals surface area contributed by atoms with Crippen LogP contribution in [-0.4, -0.2) is 7.11 Å². The van der Waals surface area contributed by atoms with E-state index in [1.807, 2.05) is 19.1 Å². The van der Waals surface area contributed by atoms with Crippen LogP contribution in [0.5, 0.6) is 5.75 Å². The van der Waals surface area contributed by atoms with Crippen molar-refractivity contribution >= 4 is 0 Å². The molecule has 2 nitrogen and oxygen atoms in total. The minimum atomic E-state index is -0.0944. The van der Waals surface area contributed by atoms with Crippen LogP contribution >= 0.6 is 0 Å². The smallest absolute Gasteiger partial charge is 0.121 e. The van der Waals surface area contributed by atoms with Gasteiger partial charge >= 0.3 is 0 Å². The summed E-state index contributed by atoms with van der Waals surface area (Å²) in [4.78, 5) is 0. The SMILES string of the molecule is COc1ccc(C(C#N)C/C=C(\C)CCC=C(C)C)cc1C. The van der Waals surface area contributed by atoms with Gasteiger partial charge in [-0.05, 0) is 64.2 Å². The third-order valence-corrected chi connectivity index (χ3v) is 3.77. The Kier molecular flexibility index (Phi) is 7.46. The number of methoxy groups -OCH3 is 1. The summed E-state index contributed by atoms with van der Waals surface area (Å²) in [6, 6.07) is 8.41. The molecule has 0 radical (unpaired) electrons. The average molecular weight is 297 g/mol. The van der Waals surface area contributed by atoms with Crippen LogP contribution in [0.4, 0.5) is 0 Å². The third kappa shape index (κ3) is 5.77. The van der Waals surface area contributed by atoms with Crippen LogP contribution in [0.15, 0.2) is 41.5 Å². The molecule has 0 bridgehead atoms. The van der Waals surface area contributed by atoms with Crippen molar-refractivity contribution in [1.82, 2.24) is 0 Å². The maximum absolute atomic E-state index is 9.44. The highest BCUT2D eigenvalue weighted by Crippen LogP contribution is 2.26. The van der Waals surface area contributed by atoms with Crippen LogP contribution < -0.4 is 4.74 Å². The van der Waals surface area contributed by atoms with Crippen molar-refractivity contribution in [2.75, 3.05) is 7.11 Å². The number of allylic oxidation sites excluding steroid dienone is 4. The molecule has 1 atom stereocenters. The van der Waals surface area contributed by atoms with E-state index in [2.05, 4.69) is 45.1 Å². The van der Waals surface area contributed by atoms with Gasteiger partial charge in [0, 0.05) is 0 Å². The summed E-state index contributed by atoms with van der Waals surface area (Å²) in [7, 11) is 1.67. The molecule has 1 aromatic rings. The lowest BCUT2D eigenvalue weighted by Gasteiger charge is -2.11. The Hall–Kier alpha value is -2.01. The summed E-state index contributed by atoms with van der Waals surface area (Å²) >= 11 is 0. The van der Waals surface area contributed by atoms with E-state index in [1.165, 1.54) is 11.1 Å². The van der Waals surface area contributed by atoms with Crippen LogP contribution in [0, 0.1) is 18.3 Å². The molecule has 118 valence electrons. The number of nitrogens with zero attached hydrogens (tertiary/aromatic N) is 1. The zero-order chi connectivity index (χ0) is 16.5. The van der Waals surface area contributed by atoms with Crippen LogP contribution in [0.25, 0.3) is 0 Å². The molecule has 0 spiro atoms. The highest BCUT2D eigenvalue weighted by atomic mass is 16.5. The number of hydrogen-bond donors (Lipinski definition) is 0. The van der Waals surface area contributed by atoms with Crippen molar-refractivity contribution < 1.29 is 4.74 Å². The maximum atomic E-state index is 9.44. The second-order valence-corrected chi connectivity index (χ2v) is 6.02. The topological polar surface area (TPSA) is 33.0 Å². The lowest BCUT2D eigenvalue weighted by Crippen LogP contribution is -1.97. The first-order chi connectivity index (χ1) is 10.5. The van der Waals surface area contributed by atoms with E-state index in [0.29, 0.717) is 0 Å². The van der Waals surface area contributed by atoms with Gasteiger partial charge in [0.25, 0.3) is 0 Å². The number of rotatable bonds is 7. The molecule has 0 N–H and O–H groups in total. The summed E-state index contributed by atoms with van der Waals surface area (Å²) in [5.41, 5.74) is 4.85. The van der Waals surface area contributed by atoms with E-state index in [-0.39, 0.29) is 5.92 Å². The van der Waals surface area contributed by atoms with Crippen LogP contribution in [0.3, 0.4) is 0 Å². The Morgan fingerprint density at radius 2 is 2.00 bits per heavy atom. The Morgan fingerprint density at radius 1 is 1.27 bits per heavy atom. The molecule has 0 amide bonds. The summed E-state index contributed by atoms with van der Waals surface area (Å²) in [5, 5.41) is 9.44. The fourth-order valence-electron chi connectivity index (χ4n) is 2.39. The largest absolute Gasteiger partial charge is 0.496 e. The van der Waals surface area contributed by atoms with Gasteiger partial charge in [0.2, 0.25) is 0 Å². The number of aryl methyl sites for hydroxylation is 1. The molecule has 0 fully saturated rings. The number of ether oxygens (including phenoxy) is 1. The van der Waals surface area contributed by atoms with Gasteiger partial charge in [-0.1, -0.05) is 35.4 Å². The van der Waals surface area contributed by atoms with Gasteiger partial charge in [-0.15, -0.1) is 0 Å². The van der Waals surface area contributed by atoms with Gasteiger partial charge < -0.3 is 4.74 Å². The molecule has 0 aliphatic carbocycles. The molecule has 1 unspecified atom stereocenters. The predicted octanol–water partition coefficient (Wildman–Crippen LogP) is 5.69. The lowest BCUT2D eigenvalue weighted by molar-refractivity contribution is 0.411. The predicted molar refractivity (Wildman–Crippen MR) is 93.1 cm³/mol. The highest BCUT2D eigenvalue weighted by Gasteiger charge is 2.11. The van der Waals surface area contributed by atoms with Gasteiger partial charge in [-0.2, -0.15) is 5.26 Å². The minimum Gasteiger partial charge on any atom is -0.496 e. The molecule has 1 rings (SSSR count). The van der Waals surface area contributed by atoms with E-state index >= 15 is 0 Å². The van der Waals surface area contributed by atoms with E-state index in [4.69, 9.17) is 4.74 Å². The molecule has 0 saturated carbocycles. The van der Waals surface area contributed by atoms with Crippen molar-refractivity contribution in [3.05, 3.63) is 52.6 Å². The van der Waals surface area contributed by atoms with Gasteiger partial charge in [0.05, 0.1) is 19.1 Å². The van der Waals surface area contributed by atoms with Crippen molar-refractivity contribution in [1.29, 1.82) is 5.26 Å². The molecule has 0 saturated heterocycles. The van der Waals surface area contributed by atoms with Gasteiger partial charge in [-0.3, -0.25) is 0 Å². The van der Waals surface area contributed by atoms with Crippen molar-refractivity contribution in [3.8, 4) is 11.8 Å². The molecule has 0 aromatic heterocycles. The molecule has 0 aliphatic rings. The second kappa shape index (κ2) is 9.10. The van der Waals surface area contributed by atoms with Gasteiger partial charge in [0.15, 0.2) is 0 Å². The first-order valence-corrected chi connectivity index (χ1v) is 7.81. The normalized spacial score (nSPS) is 12.5. The fourth-order valence-corrected chi connectivity index (χ4v) is 2.39. The Balaban J connectivity index is 2.71. The molecule has 22 heavy (non-hydrogen) atoms. The van der Waals surface area contributed by atoms with Crippen molar-refractivity contribution in [3.63, 3.8) is 0 Å². The molecule has 0 aliphatic heterocycles. The Labute approximate surface area is 135 Å². The summed E-state index contributed by atoms with van der Waals surface area (Å²) in [6.07, 6.45) is 7.36. The van der Waals surface area contributed by atoms with E-state index in [9.17, 15) is 5.26 Å². The number of nitriles is 1. The summed E-state index contributed by atoms with van der Waals surface area (Å²) in [5.74, 6) is 0.775. The highest BCUT2D eigenvalue weighted by molar-refractivity contribution is 5.39. The zero-order valence-corrected chi connectivity index (χ0v) is 14.4. The molecular formula is C20H27NO. The number of hydrogen-bond acceptors (Lipinski definition) is 2. The standard InChI is InChI=1S/C20H27NO/c1-15(2)7-6-8-16(3)9-10-19(14-21)18-11-12-20(22-5)17(4)13-18/h7,9,11-13,19H,6,8,10H2,1-5H3/b16-9+. The van der Waals surface area contributed by atoms with Crippen molar-refractivity contribution in [2.45, 2.75) is 52.9 Å². The third-order valence-electron chi connectivity index (χ3n) is 3.77. The van der Waals surface area contributed by atoms with E-state index in [0.717, 1.165) is 36.1 Å². The summed E-state index contributed by atoms with van der Waals surface area (Å²) < 4.78 is 5.27. The monoisotopic (exact) mass is 297 g/mol. The average Bonchev–Trinajstić information content (AvgIpc) is 2.47. The lowest BCUT2D eigenvalue weighted by atomic mass is 9.94. The Morgan fingerprint density at radius 3 is 2.55 bits per heavy atom. The summed E-state index contributed by atoms with van der Waals surface area (Å²) in [6.45, 7) is 8.40. The fraction of sp³-hybridized carbons (Fsp3) is 0.450. The first-order valence-electron chi connectivity index (χ1n) is 7.81. The Bertz CT molecular complexity index is 586. The second-order valence-electron chi connectivity index (χ2n) is 6.02. The maximum Gasteiger partial charge on any atom is 0.121 e. The van der Waals surface area contributed by atoms with E-state index < -0.39 is 0 Å².